The van der Waals surface area contributed by atoms with E-state index in [-0.39, 0.29) is 5.69 Å². The van der Waals surface area contributed by atoms with Crippen molar-refractivity contribution in [1.82, 2.24) is 35.0 Å². The molecule has 10 heteroatoms. The molecule has 1 aromatic carbocycles. The van der Waals surface area contributed by atoms with Gasteiger partial charge >= 0.3 is 0 Å². The number of benzene rings is 1. The van der Waals surface area contributed by atoms with Crippen LogP contribution in [-0.2, 0) is 0 Å². The Morgan fingerprint density at radius 2 is 1.88 bits per heavy atom. The Morgan fingerprint density at radius 1 is 1.05 bits per heavy atom. The summed E-state index contributed by atoms with van der Waals surface area (Å²) in [4.78, 5) is 21.8. The van der Waals surface area contributed by atoms with Crippen molar-refractivity contribution < 1.29 is 4.39 Å². The number of halogens is 1. The van der Waals surface area contributed by atoms with Crippen LogP contribution >= 0.6 is 0 Å². The normalized spacial score (nSPS) is 16.8. The van der Waals surface area contributed by atoms with Crippen LogP contribution in [-0.4, -0.2) is 68.3 Å². The molecule has 0 atom stereocenters. The molecule has 1 aliphatic carbocycles. The number of aromatic nitrogens is 6. The molecule has 0 amide bonds. The molecule has 2 fully saturated rings. The fourth-order valence-corrected chi connectivity index (χ4v) is 5.98. The quantitative estimate of drug-likeness (QED) is 0.260. The van der Waals surface area contributed by atoms with Crippen LogP contribution in [0.25, 0.3) is 44.7 Å². The third-order valence-electron chi connectivity index (χ3n) is 8.27. The van der Waals surface area contributed by atoms with E-state index < -0.39 is 5.82 Å². The molecule has 1 saturated carbocycles. The number of H-pyrrole nitrogens is 2. The summed E-state index contributed by atoms with van der Waals surface area (Å²) in [6.45, 7) is 8.10. The van der Waals surface area contributed by atoms with Crippen molar-refractivity contribution in [3.05, 3.63) is 60.9 Å². The first-order chi connectivity index (χ1) is 19.5. The number of hydrogen-bond donors (Lipinski definition) is 3. The van der Waals surface area contributed by atoms with Crippen molar-refractivity contribution in [1.29, 1.82) is 0 Å². The van der Waals surface area contributed by atoms with Gasteiger partial charge in [0.2, 0.25) is 0 Å². The first-order valence-electron chi connectivity index (χ1n) is 13.9. The summed E-state index contributed by atoms with van der Waals surface area (Å²) in [5.74, 6) is 0.513. The number of hydrogen-bond acceptors (Lipinski definition) is 7. The molecule has 2 aliphatic rings. The molecule has 0 radical (unpaired) electrons. The van der Waals surface area contributed by atoms with E-state index in [0.29, 0.717) is 33.9 Å². The summed E-state index contributed by atoms with van der Waals surface area (Å²) in [7, 11) is 2.14. The number of nitrogens with one attached hydrogen (secondary N) is 3. The maximum atomic E-state index is 16.2. The molecular formula is C30H32FN9. The van der Waals surface area contributed by atoms with Crippen molar-refractivity contribution in [2.75, 3.05) is 43.4 Å². The molecule has 0 spiro atoms. The van der Waals surface area contributed by atoms with Gasteiger partial charge in [0.05, 0.1) is 40.2 Å². The molecule has 5 heterocycles. The van der Waals surface area contributed by atoms with Crippen molar-refractivity contribution >= 4 is 33.3 Å². The number of allylic oxidation sites excluding steroid dienone is 1. The Labute approximate surface area is 231 Å². The fourth-order valence-electron chi connectivity index (χ4n) is 5.98. The minimum absolute atomic E-state index is 0.215. The predicted molar refractivity (Wildman–Crippen MR) is 157 cm³/mol. The lowest BCUT2D eigenvalue weighted by molar-refractivity contribution is 0.313. The summed E-state index contributed by atoms with van der Waals surface area (Å²) in [5.41, 5.74) is 6.31. The second-order valence-corrected chi connectivity index (χ2v) is 10.9. The van der Waals surface area contributed by atoms with Gasteiger partial charge < -0.3 is 20.1 Å². The van der Waals surface area contributed by atoms with Crippen LogP contribution < -0.4 is 10.2 Å². The maximum Gasteiger partial charge on any atom is 0.161 e. The predicted octanol–water partition coefficient (Wildman–Crippen LogP) is 5.57. The van der Waals surface area contributed by atoms with Gasteiger partial charge in [0.15, 0.2) is 11.6 Å². The average molecular weight is 538 g/mol. The van der Waals surface area contributed by atoms with E-state index in [0.717, 1.165) is 67.1 Å². The summed E-state index contributed by atoms with van der Waals surface area (Å²) in [5, 5.41) is 11.1. The van der Waals surface area contributed by atoms with E-state index >= 15 is 4.39 Å². The van der Waals surface area contributed by atoms with Crippen LogP contribution in [0.2, 0.25) is 0 Å². The highest BCUT2D eigenvalue weighted by molar-refractivity contribution is 5.97. The zero-order chi connectivity index (χ0) is 27.2. The lowest BCUT2D eigenvalue weighted by Crippen LogP contribution is -2.44. The number of pyridine rings is 2. The monoisotopic (exact) mass is 537 g/mol. The standard InChI is InChI=1S/C30H32FN9/c1-18(19-6-3-4-7-19)34-21-14-20(15-32-16-21)27-26(31)25-23(17-33-27)37-38-29(25)30-35-22-8-5-9-24(28(22)36-30)40-12-10-39(2)11-13-40/h5,8-9,14-17,19,34H,1,3-4,6-7,10-13H2,2H3,(H,35,36)(H,37,38). The van der Waals surface area contributed by atoms with Gasteiger partial charge in [-0.15, -0.1) is 0 Å². The van der Waals surface area contributed by atoms with Gasteiger partial charge in [-0.2, -0.15) is 5.10 Å². The number of rotatable bonds is 6. The van der Waals surface area contributed by atoms with Crippen LogP contribution in [0.5, 0.6) is 0 Å². The van der Waals surface area contributed by atoms with Crippen molar-refractivity contribution in [2.24, 2.45) is 5.92 Å². The molecule has 9 nitrogen and oxygen atoms in total. The minimum Gasteiger partial charge on any atom is -0.367 e. The number of para-hydroxylation sites is 1. The Balaban J connectivity index is 1.24. The van der Waals surface area contributed by atoms with Gasteiger partial charge in [-0.05, 0) is 44.0 Å². The highest BCUT2D eigenvalue weighted by Crippen LogP contribution is 2.35. The maximum absolute atomic E-state index is 16.2. The molecule has 3 N–H and O–H groups in total. The fraction of sp³-hybridized carbons (Fsp3) is 0.333. The molecule has 204 valence electrons. The Bertz CT molecular complexity index is 1710. The van der Waals surface area contributed by atoms with Gasteiger partial charge in [-0.3, -0.25) is 15.1 Å². The topological polar surface area (TPSA) is 102 Å². The zero-order valence-electron chi connectivity index (χ0n) is 22.5. The van der Waals surface area contributed by atoms with Crippen molar-refractivity contribution in [3.63, 3.8) is 0 Å². The highest BCUT2D eigenvalue weighted by atomic mass is 19.1. The molecule has 1 aliphatic heterocycles. The Hall–Kier alpha value is -4.31. The first kappa shape index (κ1) is 24.7. The number of imidazole rings is 1. The number of likely N-dealkylation sites (N-methyl/N-ethyl adjacent to an activating group) is 1. The van der Waals surface area contributed by atoms with Gasteiger partial charge in [0.1, 0.15) is 16.9 Å². The third kappa shape index (κ3) is 4.38. The van der Waals surface area contributed by atoms with Crippen LogP contribution in [0.1, 0.15) is 25.7 Å². The largest absolute Gasteiger partial charge is 0.367 e. The molecule has 5 aromatic rings. The van der Waals surface area contributed by atoms with Gasteiger partial charge in [-0.1, -0.05) is 25.5 Å². The highest BCUT2D eigenvalue weighted by Gasteiger charge is 2.23. The number of piperazine rings is 1. The van der Waals surface area contributed by atoms with E-state index in [1.807, 2.05) is 18.2 Å². The molecule has 7 rings (SSSR count). The number of aromatic amines is 2. The van der Waals surface area contributed by atoms with E-state index in [4.69, 9.17) is 4.98 Å². The SMILES string of the molecule is C=C(Nc1cncc(-c2ncc3[nH]nc(-c4nc5c(N6CCN(C)CC6)cccc5[nH]4)c3c2F)c1)C1CCCC1. The Kier molecular flexibility index (Phi) is 6.19. The second kappa shape index (κ2) is 10.0. The van der Waals surface area contributed by atoms with Gasteiger partial charge in [-0.25, -0.2) is 9.37 Å². The van der Waals surface area contributed by atoms with Crippen LogP contribution in [0.15, 0.2) is 55.1 Å². The summed E-state index contributed by atoms with van der Waals surface area (Å²) < 4.78 is 16.2. The number of fused-ring (bicyclic) bond motifs is 2. The number of anilines is 2. The summed E-state index contributed by atoms with van der Waals surface area (Å²) in [6, 6.07) is 7.98. The molecule has 0 bridgehead atoms. The van der Waals surface area contributed by atoms with E-state index in [1.165, 1.54) is 12.8 Å². The molecule has 0 unspecified atom stereocenters. The smallest absolute Gasteiger partial charge is 0.161 e. The zero-order valence-corrected chi connectivity index (χ0v) is 22.5. The van der Waals surface area contributed by atoms with Gasteiger partial charge in [0, 0.05) is 43.6 Å². The molecule has 40 heavy (non-hydrogen) atoms. The van der Waals surface area contributed by atoms with E-state index in [2.05, 4.69) is 60.0 Å². The van der Waals surface area contributed by atoms with Crippen LogP contribution in [0, 0.1) is 11.7 Å². The average Bonchev–Trinajstić information content (AvgIpc) is 3.73. The Morgan fingerprint density at radius 3 is 2.70 bits per heavy atom. The molecule has 1 saturated heterocycles. The van der Waals surface area contributed by atoms with Gasteiger partial charge in [0.25, 0.3) is 0 Å². The third-order valence-corrected chi connectivity index (χ3v) is 8.27. The lowest BCUT2D eigenvalue weighted by atomic mass is 10.0. The van der Waals surface area contributed by atoms with Crippen molar-refractivity contribution in [3.8, 4) is 22.8 Å². The van der Waals surface area contributed by atoms with Crippen molar-refractivity contribution in [2.45, 2.75) is 25.7 Å². The summed E-state index contributed by atoms with van der Waals surface area (Å²) in [6.07, 6.45) is 9.73. The second-order valence-electron chi connectivity index (χ2n) is 10.9. The van der Waals surface area contributed by atoms with E-state index in [1.54, 1.807) is 18.6 Å². The molecule has 4 aromatic heterocycles. The summed E-state index contributed by atoms with van der Waals surface area (Å²) >= 11 is 0. The molecular weight excluding hydrogens is 505 g/mol. The van der Waals surface area contributed by atoms with E-state index in [9.17, 15) is 0 Å². The van der Waals surface area contributed by atoms with Crippen LogP contribution in [0.3, 0.4) is 0 Å². The lowest BCUT2D eigenvalue weighted by Gasteiger charge is -2.34. The first-order valence-corrected chi connectivity index (χ1v) is 13.9. The number of nitrogens with zero attached hydrogens (tertiary/aromatic N) is 6. The van der Waals surface area contributed by atoms with Crippen LogP contribution in [0.4, 0.5) is 15.8 Å². The minimum atomic E-state index is -0.463.